The maximum absolute atomic E-state index is 12.0. The summed E-state index contributed by atoms with van der Waals surface area (Å²) in [6.45, 7) is 6.33. The van der Waals surface area contributed by atoms with Crippen LogP contribution in [0.3, 0.4) is 0 Å². The first-order valence-corrected chi connectivity index (χ1v) is 10.0. The zero-order chi connectivity index (χ0) is 21.2. The van der Waals surface area contributed by atoms with Crippen LogP contribution in [-0.4, -0.2) is 60.3 Å². The van der Waals surface area contributed by atoms with E-state index in [4.69, 9.17) is 37.8 Å². The number of nitrogens with one attached hydrogen (secondary N) is 1. The molecule has 0 saturated heterocycles. The summed E-state index contributed by atoms with van der Waals surface area (Å²) in [5, 5.41) is 11.7. The minimum Gasteiger partial charge on any atom is -0.489 e. The van der Waals surface area contributed by atoms with Crippen LogP contribution < -0.4 is 15.0 Å². The summed E-state index contributed by atoms with van der Waals surface area (Å²) < 4.78 is 11.0. The van der Waals surface area contributed by atoms with Crippen molar-refractivity contribution in [2.24, 2.45) is 0 Å². The minimum absolute atomic E-state index is 0.0296. The van der Waals surface area contributed by atoms with Gasteiger partial charge in [0.15, 0.2) is 0 Å². The van der Waals surface area contributed by atoms with Crippen molar-refractivity contribution in [2.75, 3.05) is 36.4 Å². The zero-order valence-electron chi connectivity index (χ0n) is 16.4. The van der Waals surface area contributed by atoms with E-state index in [-0.39, 0.29) is 13.0 Å². The fourth-order valence-corrected chi connectivity index (χ4v) is 2.83. The van der Waals surface area contributed by atoms with Crippen molar-refractivity contribution in [3.63, 3.8) is 0 Å². The van der Waals surface area contributed by atoms with Gasteiger partial charge in [-0.15, -0.1) is 23.2 Å². The number of nitrogens with zero attached hydrogens (tertiary/aromatic N) is 1. The third-order valence-corrected chi connectivity index (χ3v) is 3.83. The number of carboxylic acid groups (broad SMARTS) is 1. The largest absolute Gasteiger partial charge is 0.489 e. The molecule has 0 aliphatic heterocycles. The standard InChI is InChI=1S/C19H28Cl2N2O5/c1-19(2,3)28-18(26)22-14(12-17(24)25)13-27-16-7-5-4-6-15(16)23(10-8-20)11-9-21/h4-7,14H,8-13H2,1-3H3,(H,22,26)(H,24,25)/t14-/m1/s1. The molecule has 1 atom stereocenters. The molecule has 158 valence electrons. The van der Waals surface area contributed by atoms with Crippen molar-refractivity contribution >= 4 is 41.0 Å². The number of benzene rings is 1. The lowest BCUT2D eigenvalue weighted by Gasteiger charge is -2.26. The van der Waals surface area contributed by atoms with Crippen LogP contribution in [0, 0.1) is 0 Å². The van der Waals surface area contributed by atoms with E-state index in [1.165, 1.54) is 0 Å². The zero-order valence-corrected chi connectivity index (χ0v) is 17.9. The summed E-state index contributed by atoms with van der Waals surface area (Å²) in [4.78, 5) is 25.1. The van der Waals surface area contributed by atoms with Crippen LogP contribution in [0.25, 0.3) is 0 Å². The first-order chi connectivity index (χ1) is 13.2. The van der Waals surface area contributed by atoms with Crippen molar-refractivity contribution in [1.82, 2.24) is 5.32 Å². The van der Waals surface area contributed by atoms with Crippen molar-refractivity contribution in [3.05, 3.63) is 24.3 Å². The summed E-state index contributed by atoms with van der Waals surface area (Å²) in [6.07, 6.45) is -0.990. The predicted octanol–water partition coefficient (Wildman–Crippen LogP) is 3.72. The SMILES string of the molecule is CC(C)(C)OC(=O)N[C@@H](COc1ccccc1N(CCCl)CCCl)CC(=O)O. The topological polar surface area (TPSA) is 88.1 Å². The number of anilines is 1. The average molecular weight is 435 g/mol. The maximum atomic E-state index is 12.0. The van der Waals surface area contributed by atoms with Crippen LogP contribution in [0.1, 0.15) is 27.2 Å². The smallest absolute Gasteiger partial charge is 0.408 e. The van der Waals surface area contributed by atoms with Gasteiger partial charge in [0, 0.05) is 24.8 Å². The summed E-state index contributed by atoms with van der Waals surface area (Å²) in [7, 11) is 0. The van der Waals surface area contributed by atoms with Crippen LogP contribution in [0.2, 0.25) is 0 Å². The number of carboxylic acids is 1. The van der Waals surface area contributed by atoms with E-state index in [0.29, 0.717) is 30.6 Å². The Bertz CT molecular complexity index is 631. The van der Waals surface area contributed by atoms with Gasteiger partial charge in [-0.3, -0.25) is 4.79 Å². The van der Waals surface area contributed by atoms with E-state index in [1.54, 1.807) is 26.8 Å². The van der Waals surface area contributed by atoms with Crippen LogP contribution in [-0.2, 0) is 9.53 Å². The van der Waals surface area contributed by atoms with Crippen LogP contribution in [0.15, 0.2) is 24.3 Å². The number of carbonyl (C=O) groups is 2. The molecule has 1 amide bonds. The van der Waals surface area contributed by atoms with E-state index in [2.05, 4.69) is 5.32 Å². The number of ether oxygens (including phenoxy) is 2. The van der Waals surface area contributed by atoms with Gasteiger partial charge in [-0.05, 0) is 32.9 Å². The van der Waals surface area contributed by atoms with Gasteiger partial charge >= 0.3 is 12.1 Å². The Hall–Kier alpha value is -1.86. The molecule has 2 N–H and O–H groups in total. The van der Waals surface area contributed by atoms with Crippen LogP contribution >= 0.6 is 23.2 Å². The number of para-hydroxylation sites is 2. The summed E-state index contributed by atoms with van der Waals surface area (Å²) in [6, 6.07) is 6.57. The molecule has 1 aromatic carbocycles. The third-order valence-electron chi connectivity index (χ3n) is 3.50. The number of hydrogen-bond donors (Lipinski definition) is 2. The Morgan fingerprint density at radius 2 is 1.79 bits per heavy atom. The number of alkyl halides is 2. The number of alkyl carbamates (subject to hydrolysis) is 1. The second kappa shape index (κ2) is 11.9. The summed E-state index contributed by atoms with van der Waals surface area (Å²) in [5.41, 5.74) is 0.115. The molecule has 0 bridgehead atoms. The van der Waals surface area contributed by atoms with Gasteiger partial charge in [-0.2, -0.15) is 0 Å². The molecule has 28 heavy (non-hydrogen) atoms. The van der Waals surface area contributed by atoms with Gasteiger partial charge in [0.1, 0.15) is 18.0 Å². The molecule has 9 heteroatoms. The fraction of sp³-hybridized carbons (Fsp3) is 0.579. The van der Waals surface area contributed by atoms with Crippen molar-refractivity contribution < 1.29 is 24.2 Å². The number of carbonyl (C=O) groups excluding carboxylic acids is 1. The highest BCUT2D eigenvalue weighted by molar-refractivity contribution is 6.18. The summed E-state index contributed by atoms with van der Waals surface area (Å²) in [5.74, 6) is 0.350. The van der Waals surface area contributed by atoms with Crippen LogP contribution in [0.5, 0.6) is 5.75 Å². The van der Waals surface area contributed by atoms with Crippen LogP contribution in [0.4, 0.5) is 10.5 Å². The number of aliphatic carboxylic acids is 1. The Morgan fingerprint density at radius 3 is 2.32 bits per heavy atom. The van der Waals surface area contributed by atoms with Gasteiger partial charge in [0.05, 0.1) is 18.2 Å². The number of hydrogen-bond acceptors (Lipinski definition) is 5. The van der Waals surface area contributed by atoms with Gasteiger partial charge in [-0.1, -0.05) is 12.1 Å². The van der Waals surface area contributed by atoms with E-state index in [1.807, 2.05) is 23.1 Å². The molecule has 0 aromatic heterocycles. The van der Waals surface area contributed by atoms with Crippen molar-refractivity contribution in [2.45, 2.75) is 38.8 Å². The predicted molar refractivity (Wildman–Crippen MR) is 111 cm³/mol. The van der Waals surface area contributed by atoms with E-state index < -0.39 is 23.7 Å². The lowest BCUT2D eigenvalue weighted by molar-refractivity contribution is -0.137. The molecule has 0 unspecified atom stereocenters. The monoisotopic (exact) mass is 434 g/mol. The van der Waals surface area contributed by atoms with Gasteiger partial charge in [0.25, 0.3) is 0 Å². The highest BCUT2D eigenvalue weighted by Gasteiger charge is 2.22. The molecule has 7 nitrogen and oxygen atoms in total. The lowest BCUT2D eigenvalue weighted by atomic mass is 10.2. The van der Waals surface area contributed by atoms with E-state index in [9.17, 15) is 9.59 Å². The lowest BCUT2D eigenvalue weighted by Crippen LogP contribution is -2.43. The molecule has 1 aromatic rings. The molecule has 0 fully saturated rings. The molecule has 0 spiro atoms. The fourth-order valence-electron chi connectivity index (χ4n) is 2.42. The molecule has 0 saturated carbocycles. The second-order valence-corrected chi connectivity index (χ2v) is 7.84. The van der Waals surface area contributed by atoms with E-state index >= 15 is 0 Å². The Balaban J connectivity index is 2.86. The Morgan fingerprint density at radius 1 is 1.18 bits per heavy atom. The molecule has 0 heterocycles. The maximum Gasteiger partial charge on any atom is 0.408 e. The van der Waals surface area contributed by atoms with Gasteiger partial charge < -0.3 is 24.8 Å². The Kier molecular flexibility index (Phi) is 10.2. The van der Waals surface area contributed by atoms with Gasteiger partial charge in [-0.25, -0.2) is 4.79 Å². The Labute approximate surface area is 175 Å². The molecule has 0 radical (unpaired) electrons. The third kappa shape index (κ3) is 9.37. The molecule has 1 rings (SSSR count). The molecule has 0 aliphatic carbocycles. The number of rotatable bonds is 11. The normalized spacial score (nSPS) is 12.2. The van der Waals surface area contributed by atoms with E-state index in [0.717, 1.165) is 5.69 Å². The number of halogens is 2. The first kappa shape index (κ1) is 24.2. The molecule has 0 aliphatic rings. The van der Waals surface area contributed by atoms with Crippen molar-refractivity contribution in [3.8, 4) is 5.75 Å². The second-order valence-electron chi connectivity index (χ2n) is 7.08. The minimum atomic E-state index is -1.05. The summed E-state index contributed by atoms with van der Waals surface area (Å²) >= 11 is 11.8. The quantitative estimate of drug-likeness (QED) is 0.516. The highest BCUT2D eigenvalue weighted by Crippen LogP contribution is 2.28. The first-order valence-electron chi connectivity index (χ1n) is 8.96. The molecular weight excluding hydrogens is 407 g/mol. The van der Waals surface area contributed by atoms with Crippen molar-refractivity contribution in [1.29, 1.82) is 0 Å². The number of amides is 1. The highest BCUT2D eigenvalue weighted by atomic mass is 35.5. The van der Waals surface area contributed by atoms with Gasteiger partial charge in [0.2, 0.25) is 0 Å². The molecular formula is C19H28Cl2N2O5. The average Bonchev–Trinajstić information content (AvgIpc) is 2.57.